The second kappa shape index (κ2) is 8.13. The molecule has 1 aromatic carbocycles. The molecule has 2 aliphatic heterocycles. The maximum absolute atomic E-state index is 12.7. The molecule has 0 radical (unpaired) electrons. The van der Waals surface area contributed by atoms with E-state index >= 15 is 0 Å². The number of rotatable bonds is 5. The molecule has 0 amide bonds. The summed E-state index contributed by atoms with van der Waals surface area (Å²) in [6.45, 7) is 1.16. The maximum Gasteiger partial charge on any atom is 0.329 e. The fourth-order valence-electron chi connectivity index (χ4n) is 3.46. The van der Waals surface area contributed by atoms with E-state index in [1.54, 1.807) is 29.2 Å². The van der Waals surface area contributed by atoms with Crippen LogP contribution in [0, 0.1) is 22.7 Å². The van der Waals surface area contributed by atoms with E-state index in [1.807, 2.05) is 0 Å². The van der Waals surface area contributed by atoms with Crippen molar-refractivity contribution in [1.82, 2.24) is 4.90 Å². The summed E-state index contributed by atoms with van der Waals surface area (Å²) in [5, 5.41) is 16.4. The third kappa shape index (κ3) is 4.05. The van der Waals surface area contributed by atoms with Crippen LogP contribution in [-0.2, 0) is 24.3 Å². The Morgan fingerprint density at radius 1 is 1.38 bits per heavy atom. The number of ether oxygens (including phenoxy) is 1. The molecule has 9 nitrogen and oxygen atoms in total. The van der Waals surface area contributed by atoms with E-state index in [0.29, 0.717) is 18.5 Å². The Kier molecular flexibility index (Phi) is 5.79. The number of piperidine rings is 1. The van der Waals surface area contributed by atoms with Gasteiger partial charge in [0.05, 0.1) is 6.07 Å². The van der Waals surface area contributed by atoms with Gasteiger partial charge in [0.2, 0.25) is 0 Å². The Bertz CT molecular complexity index is 1040. The molecule has 152 valence electrons. The quantitative estimate of drug-likeness (QED) is 0.563. The molecule has 1 aromatic rings. The number of nitrogens with zero attached hydrogens (tertiary/aromatic N) is 3. The van der Waals surface area contributed by atoms with Gasteiger partial charge in [0.15, 0.2) is 18.2 Å². The fourth-order valence-corrected chi connectivity index (χ4v) is 4.67. The van der Waals surface area contributed by atoms with Crippen LogP contribution < -0.4 is 0 Å². The highest BCUT2D eigenvalue weighted by molar-refractivity contribution is 7.90. The third-order valence-electron chi connectivity index (χ3n) is 4.90. The van der Waals surface area contributed by atoms with E-state index in [-0.39, 0.29) is 16.4 Å². The molecule has 2 aliphatic rings. The van der Waals surface area contributed by atoms with Gasteiger partial charge in [-0.1, -0.05) is 12.1 Å². The van der Waals surface area contributed by atoms with Crippen molar-refractivity contribution >= 4 is 33.3 Å². The van der Waals surface area contributed by atoms with E-state index < -0.39 is 40.3 Å². The van der Waals surface area contributed by atoms with Gasteiger partial charge in [-0.15, -0.1) is 4.40 Å². The van der Waals surface area contributed by atoms with Crippen LogP contribution >= 0.6 is 0 Å². The van der Waals surface area contributed by atoms with E-state index in [9.17, 15) is 18.0 Å². The number of amidine groups is 1. The van der Waals surface area contributed by atoms with Crippen LogP contribution in [0.15, 0.2) is 33.6 Å². The number of ketones is 1. The minimum atomic E-state index is -3.82. The first kappa shape index (κ1) is 20.7. The first-order chi connectivity index (χ1) is 13.8. The summed E-state index contributed by atoms with van der Waals surface area (Å²) in [4.78, 5) is 26.4. The number of carbonyl (C=O) groups excluding carboxylic acids is 2. The normalized spacial score (nSPS) is 20.8. The summed E-state index contributed by atoms with van der Waals surface area (Å²) >= 11 is 0. The van der Waals surface area contributed by atoms with Gasteiger partial charge in [0.25, 0.3) is 10.0 Å². The molecule has 29 heavy (non-hydrogen) atoms. The zero-order valence-electron chi connectivity index (χ0n) is 15.8. The molecule has 1 saturated heterocycles. The van der Waals surface area contributed by atoms with Crippen LogP contribution in [0.4, 0.5) is 0 Å². The predicted molar refractivity (Wildman–Crippen MR) is 103 cm³/mol. The summed E-state index contributed by atoms with van der Waals surface area (Å²) < 4.78 is 33.7. The smallest absolute Gasteiger partial charge is 0.329 e. The number of carbonyl (C=O) groups is 2. The van der Waals surface area contributed by atoms with Crippen LogP contribution in [0.25, 0.3) is 0 Å². The number of esters is 1. The number of likely N-dealkylation sites (tertiary alicyclic amines) is 1. The van der Waals surface area contributed by atoms with Crippen molar-refractivity contribution < 1.29 is 22.7 Å². The lowest BCUT2D eigenvalue weighted by atomic mass is 10.00. The lowest BCUT2D eigenvalue weighted by Crippen LogP contribution is -2.49. The van der Waals surface area contributed by atoms with Crippen LogP contribution in [0.1, 0.15) is 31.7 Å². The van der Waals surface area contributed by atoms with Gasteiger partial charge in [0.1, 0.15) is 16.9 Å². The molecule has 0 aromatic heterocycles. The number of hydrogen-bond donors (Lipinski definition) is 1. The lowest BCUT2D eigenvalue weighted by molar-refractivity contribution is -0.153. The number of hydrogen-bond acceptors (Lipinski definition) is 8. The molecule has 0 bridgehead atoms. The number of nitriles is 1. The molecule has 3 rings (SSSR count). The van der Waals surface area contributed by atoms with E-state index in [2.05, 4.69) is 4.40 Å². The Labute approximate surface area is 168 Å². The molecule has 2 atom stereocenters. The van der Waals surface area contributed by atoms with Crippen LogP contribution in [0.3, 0.4) is 0 Å². The Morgan fingerprint density at radius 2 is 2.10 bits per heavy atom. The Hall–Kier alpha value is -3.06. The number of benzene rings is 1. The summed E-state index contributed by atoms with van der Waals surface area (Å²) in [6, 6.07) is 7.36. The standard InChI is InChI=1S/C19H20N4O5S/c1-12(21)14(10-20)16(24)11-28-19(25)15-7-4-5-9-23(15)18-13-6-2-3-8-17(13)29(26,27)22-18/h2-3,6,8,14-15,21H,4-5,7,9,11H2,1H3/t14?,15-/m0/s1. The predicted octanol–water partition coefficient (Wildman–Crippen LogP) is 1.28. The average Bonchev–Trinajstić information content (AvgIpc) is 2.97. The third-order valence-corrected chi connectivity index (χ3v) is 6.23. The van der Waals surface area contributed by atoms with Gasteiger partial charge in [0, 0.05) is 17.8 Å². The second-order valence-electron chi connectivity index (χ2n) is 6.91. The van der Waals surface area contributed by atoms with Crippen molar-refractivity contribution in [1.29, 1.82) is 10.7 Å². The van der Waals surface area contributed by atoms with Crippen molar-refractivity contribution in [3.05, 3.63) is 29.8 Å². The molecule has 0 aliphatic carbocycles. The number of Topliss-reactive ketones (excluding diaryl/α,β-unsaturated/α-hetero) is 1. The van der Waals surface area contributed by atoms with Gasteiger partial charge in [-0.3, -0.25) is 4.79 Å². The highest BCUT2D eigenvalue weighted by Gasteiger charge is 2.39. The monoisotopic (exact) mass is 416 g/mol. The molecule has 1 N–H and O–H groups in total. The van der Waals surface area contributed by atoms with Gasteiger partial charge in [-0.25, -0.2) is 4.79 Å². The summed E-state index contributed by atoms with van der Waals surface area (Å²) in [7, 11) is -3.82. The number of nitrogens with one attached hydrogen (secondary N) is 1. The van der Waals surface area contributed by atoms with Gasteiger partial charge < -0.3 is 15.0 Å². The summed E-state index contributed by atoms with van der Waals surface area (Å²) in [5.74, 6) is -2.39. The minimum absolute atomic E-state index is 0.0983. The van der Waals surface area contributed by atoms with E-state index in [4.69, 9.17) is 15.4 Å². The van der Waals surface area contributed by atoms with Crippen LogP contribution in [0.2, 0.25) is 0 Å². The molecule has 10 heteroatoms. The molecule has 1 fully saturated rings. The van der Waals surface area contributed by atoms with Crippen LogP contribution in [0.5, 0.6) is 0 Å². The first-order valence-corrected chi connectivity index (χ1v) is 10.6. The summed E-state index contributed by atoms with van der Waals surface area (Å²) in [5.41, 5.74) is 0.321. The number of fused-ring (bicyclic) bond motifs is 1. The van der Waals surface area contributed by atoms with E-state index in [0.717, 1.165) is 12.8 Å². The molecule has 0 saturated carbocycles. The molecule has 1 unspecified atom stereocenters. The van der Waals surface area contributed by atoms with Gasteiger partial charge >= 0.3 is 5.97 Å². The van der Waals surface area contributed by atoms with Gasteiger partial charge in [-0.05, 0) is 38.3 Å². The SMILES string of the molecule is CC(=N)C(C#N)C(=O)COC(=O)[C@@H]1CCCCN1C1=NS(=O)(=O)c2ccccc21. The summed E-state index contributed by atoms with van der Waals surface area (Å²) in [6.07, 6.45) is 1.93. The van der Waals surface area contributed by atoms with Crippen LogP contribution in [-0.4, -0.2) is 55.8 Å². The van der Waals surface area contributed by atoms with E-state index in [1.165, 1.54) is 13.0 Å². The zero-order valence-corrected chi connectivity index (χ0v) is 16.6. The lowest BCUT2D eigenvalue weighted by Gasteiger charge is -2.35. The zero-order chi connectivity index (χ0) is 21.2. The molecule has 2 heterocycles. The van der Waals surface area contributed by atoms with Crippen molar-refractivity contribution in [2.24, 2.45) is 10.3 Å². The maximum atomic E-state index is 12.7. The highest BCUT2D eigenvalue weighted by Crippen LogP contribution is 2.31. The van der Waals surface area contributed by atoms with Gasteiger partial charge in [-0.2, -0.15) is 13.7 Å². The molecule has 0 spiro atoms. The largest absolute Gasteiger partial charge is 0.456 e. The van der Waals surface area contributed by atoms with Crippen molar-refractivity contribution in [2.75, 3.05) is 13.2 Å². The molecular formula is C19H20N4O5S. The average molecular weight is 416 g/mol. The van der Waals surface area contributed by atoms with Crippen molar-refractivity contribution in [2.45, 2.75) is 37.1 Å². The second-order valence-corrected chi connectivity index (χ2v) is 8.48. The first-order valence-electron chi connectivity index (χ1n) is 9.11. The highest BCUT2D eigenvalue weighted by atomic mass is 32.2. The Balaban J connectivity index is 1.79. The molecular weight excluding hydrogens is 396 g/mol. The number of sulfonamides is 1. The van der Waals surface area contributed by atoms with Crippen molar-refractivity contribution in [3.63, 3.8) is 0 Å². The van der Waals surface area contributed by atoms with Crippen molar-refractivity contribution in [3.8, 4) is 6.07 Å². The Morgan fingerprint density at radius 3 is 2.79 bits per heavy atom. The fraction of sp³-hybridized carbons (Fsp3) is 0.421. The topological polar surface area (TPSA) is 141 Å². The minimum Gasteiger partial charge on any atom is -0.456 e.